The predicted octanol–water partition coefficient (Wildman–Crippen LogP) is 4.27. The molecule has 1 heterocycles. The Labute approximate surface area is 129 Å². The number of imidazole rings is 1. The molecule has 0 aliphatic heterocycles. The van der Waals surface area contributed by atoms with Crippen molar-refractivity contribution in [2.45, 2.75) is 26.3 Å². The standard InChI is InChI=1S/C17H18ClN3/c1-2-10-21-15-5-3-4-14(19)17(15)20-16(21)11-12-6-8-13(18)9-7-12/h3-9H,2,10-11,19H2,1H3. The zero-order valence-electron chi connectivity index (χ0n) is 12.0. The van der Waals surface area contributed by atoms with E-state index in [0.29, 0.717) is 0 Å². The first kappa shape index (κ1) is 14.0. The van der Waals surface area contributed by atoms with E-state index in [-0.39, 0.29) is 0 Å². The van der Waals surface area contributed by atoms with E-state index in [2.05, 4.69) is 17.6 Å². The highest BCUT2D eigenvalue weighted by atomic mass is 35.5. The van der Waals surface area contributed by atoms with Gasteiger partial charge in [0, 0.05) is 18.0 Å². The van der Waals surface area contributed by atoms with Gasteiger partial charge in [0.1, 0.15) is 11.3 Å². The number of hydrogen-bond donors (Lipinski definition) is 1. The maximum absolute atomic E-state index is 6.05. The van der Waals surface area contributed by atoms with Crippen molar-refractivity contribution in [1.82, 2.24) is 9.55 Å². The Kier molecular flexibility index (Phi) is 3.84. The van der Waals surface area contributed by atoms with Gasteiger partial charge < -0.3 is 10.3 Å². The Balaban J connectivity index is 2.06. The van der Waals surface area contributed by atoms with Crippen LogP contribution in [-0.2, 0) is 13.0 Å². The van der Waals surface area contributed by atoms with Crippen LogP contribution in [0.25, 0.3) is 11.0 Å². The van der Waals surface area contributed by atoms with E-state index in [9.17, 15) is 0 Å². The van der Waals surface area contributed by atoms with Crippen molar-refractivity contribution < 1.29 is 0 Å². The lowest BCUT2D eigenvalue weighted by Crippen LogP contribution is -2.04. The van der Waals surface area contributed by atoms with Crippen LogP contribution in [0.4, 0.5) is 5.69 Å². The molecule has 21 heavy (non-hydrogen) atoms. The molecule has 0 saturated carbocycles. The molecule has 1 aromatic heterocycles. The van der Waals surface area contributed by atoms with Gasteiger partial charge in [0.15, 0.2) is 0 Å². The van der Waals surface area contributed by atoms with Crippen LogP contribution in [0.1, 0.15) is 24.7 Å². The van der Waals surface area contributed by atoms with E-state index >= 15 is 0 Å². The second kappa shape index (κ2) is 5.78. The largest absolute Gasteiger partial charge is 0.397 e. The summed E-state index contributed by atoms with van der Waals surface area (Å²) in [6.45, 7) is 3.12. The second-order valence-electron chi connectivity index (χ2n) is 5.20. The SMILES string of the molecule is CCCn1c(Cc2ccc(Cl)cc2)nc2c(N)cccc21. The number of aryl methyl sites for hydroxylation is 1. The molecule has 0 aliphatic rings. The minimum atomic E-state index is 0.736. The lowest BCUT2D eigenvalue weighted by Gasteiger charge is -2.08. The summed E-state index contributed by atoms with van der Waals surface area (Å²) >= 11 is 5.94. The van der Waals surface area contributed by atoms with Gasteiger partial charge in [-0.15, -0.1) is 0 Å². The summed E-state index contributed by atoms with van der Waals surface area (Å²) in [7, 11) is 0. The molecule has 0 unspecified atom stereocenters. The maximum Gasteiger partial charge on any atom is 0.114 e. The molecular formula is C17H18ClN3. The average Bonchev–Trinajstić information content (AvgIpc) is 2.82. The van der Waals surface area contributed by atoms with Gasteiger partial charge in [-0.3, -0.25) is 0 Å². The van der Waals surface area contributed by atoms with E-state index in [0.717, 1.165) is 47.0 Å². The normalized spacial score (nSPS) is 11.1. The van der Waals surface area contributed by atoms with Crippen molar-refractivity contribution in [3.63, 3.8) is 0 Å². The number of anilines is 1. The lowest BCUT2D eigenvalue weighted by molar-refractivity contribution is 0.664. The fourth-order valence-electron chi connectivity index (χ4n) is 2.61. The number of nitrogens with two attached hydrogens (primary N) is 1. The number of hydrogen-bond acceptors (Lipinski definition) is 2. The summed E-state index contributed by atoms with van der Waals surface area (Å²) in [6, 6.07) is 13.9. The maximum atomic E-state index is 6.05. The average molecular weight is 300 g/mol. The van der Waals surface area contributed by atoms with Gasteiger partial charge in [0.05, 0.1) is 11.2 Å². The van der Waals surface area contributed by atoms with Crippen molar-refractivity contribution >= 4 is 28.3 Å². The number of nitrogen functional groups attached to an aromatic ring is 1. The molecule has 2 aromatic carbocycles. The van der Waals surface area contributed by atoms with Crippen LogP contribution < -0.4 is 5.73 Å². The summed E-state index contributed by atoms with van der Waals surface area (Å²) in [4.78, 5) is 4.75. The first-order valence-electron chi connectivity index (χ1n) is 7.17. The Morgan fingerprint density at radius 3 is 2.62 bits per heavy atom. The summed E-state index contributed by atoms with van der Waals surface area (Å²) < 4.78 is 2.26. The molecule has 0 atom stereocenters. The zero-order chi connectivity index (χ0) is 14.8. The molecular weight excluding hydrogens is 282 g/mol. The summed E-state index contributed by atoms with van der Waals surface area (Å²) in [5, 5.41) is 0.755. The van der Waals surface area contributed by atoms with Crippen LogP contribution in [0.3, 0.4) is 0 Å². The molecule has 0 bridgehead atoms. The number of para-hydroxylation sites is 1. The number of rotatable bonds is 4. The first-order valence-corrected chi connectivity index (χ1v) is 7.55. The summed E-state index contributed by atoms with van der Waals surface area (Å²) in [6.07, 6.45) is 1.85. The molecule has 0 saturated heterocycles. The molecule has 0 aliphatic carbocycles. The number of fused-ring (bicyclic) bond motifs is 1. The Hall–Kier alpha value is -2.00. The van der Waals surface area contributed by atoms with Gasteiger partial charge >= 0.3 is 0 Å². The molecule has 0 spiro atoms. The molecule has 3 aromatic rings. The van der Waals surface area contributed by atoms with Crippen LogP contribution >= 0.6 is 11.6 Å². The summed E-state index contributed by atoms with van der Waals surface area (Å²) in [5.41, 5.74) is 10.00. The Morgan fingerprint density at radius 1 is 1.14 bits per heavy atom. The van der Waals surface area contributed by atoms with Gasteiger partial charge in [-0.1, -0.05) is 36.7 Å². The van der Waals surface area contributed by atoms with Crippen molar-refractivity contribution in [2.75, 3.05) is 5.73 Å². The molecule has 0 fully saturated rings. The van der Waals surface area contributed by atoms with Crippen molar-refractivity contribution in [1.29, 1.82) is 0 Å². The highest BCUT2D eigenvalue weighted by Crippen LogP contribution is 2.24. The molecule has 0 radical (unpaired) electrons. The lowest BCUT2D eigenvalue weighted by atomic mass is 10.1. The third-order valence-corrected chi connectivity index (χ3v) is 3.86. The number of aromatic nitrogens is 2. The predicted molar refractivity (Wildman–Crippen MR) is 88.7 cm³/mol. The van der Waals surface area contributed by atoms with Crippen molar-refractivity contribution in [3.05, 3.63) is 58.9 Å². The van der Waals surface area contributed by atoms with Crippen molar-refractivity contribution in [3.8, 4) is 0 Å². The molecule has 4 heteroatoms. The van der Waals surface area contributed by atoms with E-state index in [4.69, 9.17) is 22.3 Å². The van der Waals surface area contributed by atoms with Crippen LogP contribution in [0.2, 0.25) is 5.02 Å². The van der Waals surface area contributed by atoms with Crippen molar-refractivity contribution in [2.24, 2.45) is 0 Å². The smallest absolute Gasteiger partial charge is 0.114 e. The third kappa shape index (κ3) is 2.74. The first-order chi connectivity index (χ1) is 10.2. The van der Waals surface area contributed by atoms with E-state index in [1.165, 1.54) is 5.56 Å². The highest BCUT2D eigenvalue weighted by molar-refractivity contribution is 6.30. The van der Waals surface area contributed by atoms with E-state index in [1.54, 1.807) is 0 Å². The molecule has 3 nitrogen and oxygen atoms in total. The zero-order valence-corrected chi connectivity index (χ0v) is 12.8. The minimum Gasteiger partial charge on any atom is -0.397 e. The highest BCUT2D eigenvalue weighted by Gasteiger charge is 2.12. The quantitative estimate of drug-likeness (QED) is 0.731. The number of halogens is 1. The number of nitrogens with zero attached hydrogens (tertiary/aromatic N) is 2. The van der Waals surface area contributed by atoms with E-state index < -0.39 is 0 Å². The number of benzene rings is 2. The summed E-state index contributed by atoms with van der Waals surface area (Å²) in [5.74, 6) is 1.05. The molecule has 3 rings (SSSR count). The Morgan fingerprint density at radius 2 is 1.90 bits per heavy atom. The fraction of sp³-hybridized carbons (Fsp3) is 0.235. The van der Waals surface area contributed by atoms with Gasteiger partial charge in [-0.2, -0.15) is 0 Å². The van der Waals surface area contributed by atoms with Crippen LogP contribution in [0.5, 0.6) is 0 Å². The Bertz CT molecular complexity index is 760. The second-order valence-corrected chi connectivity index (χ2v) is 5.63. The third-order valence-electron chi connectivity index (χ3n) is 3.61. The van der Waals surface area contributed by atoms with Crippen LogP contribution in [0, 0.1) is 0 Å². The van der Waals surface area contributed by atoms with Gasteiger partial charge in [0.25, 0.3) is 0 Å². The van der Waals surface area contributed by atoms with E-state index in [1.807, 2.05) is 36.4 Å². The molecule has 0 amide bonds. The molecule has 108 valence electrons. The monoisotopic (exact) mass is 299 g/mol. The van der Waals surface area contributed by atoms with Gasteiger partial charge in [0.2, 0.25) is 0 Å². The van der Waals surface area contributed by atoms with Gasteiger partial charge in [-0.25, -0.2) is 4.98 Å². The topological polar surface area (TPSA) is 43.8 Å². The minimum absolute atomic E-state index is 0.736. The fourth-order valence-corrected chi connectivity index (χ4v) is 2.74. The van der Waals surface area contributed by atoms with Crippen LogP contribution in [-0.4, -0.2) is 9.55 Å². The van der Waals surface area contributed by atoms with Gasteiger partial charge in [-0.05, 0) is 36.2 Å². The van der Waals surface area contributed by atoms with Crippen LogP contribution in [0.15, 0.2) is 42.5 Å². The molecule has 2 N–H and O–H groups in total.